The van der Waals surface area contributed by atoms with Gasteiger partial charge in [0.25, 0.3) is 0 Å². The average molecular weight is 409 g/mol. The van der Waals surface area contributed by atoms with Crippen LogP contribution in [0.2, 0.25) is 0 Å². The molecule has 0 radical (unpaired) electrons. The van der Waals surface area contributed by atoms with Crippen LogP contribution in [0.25, 0.3) is 21.9 Å². The van der Waals surface area contributed by atoms with Crippen molar-refractivity contribution in [1.82, 2.24) is 0 Å². The minimum atomic E-state index is -0.389. The maximum absolute atomic E-state index is 12.7. The molecule has 0 N–H and O–H groups in total. The molecular weight excluding hydrogens is 376 g/mol. The van der Waals surface area contributed by atoms with Crippen LogP contribution in [0.3, 0.4) is 0 Å². The van der Waals surface area contributed by atoms with Crippen molar-refractivity contribution in [2.75, 3.05) is 6.61 Å². The molecule has 1 heterocycles. The quantitative estimate of drug-likeness (QED) is 0.183. The predicted molar refractivity (Wildman–Crippen MR) is 122 cm³/mol. The Bertz CT molecular complexity index is 1020. The van der Waals surface area contributed by atoms with Crippen molar-refractivity contribution in [1.29, 1.82) is 0 Å². The Morgan fingerprint density at radius 1 is 0.800 bits per heavy atom. The van der Waals surface area contributed by atoms with Gasteiger partial charge >= 0.3 is 5.97 Å². The number of unbranched alkanes of at least 4 members (excludes halogenated alkanes) is 9. The van der Waals surface area contributed by atoms with Gasteiger partial charge < -0.3 is 9.15 Å². The molecule has 30 heavy (non-hydrogen) atoms. The molecule has 4 heteroatoms. The second-order valence-corrected chi connectivity index (χ2v) is 7.96. The second-order valence-electron chi connectivity index (χ2n) is 7.96. The van der Waals surface area contributed by atoms with E-state index in [9.17, 15) is 9.59 Å². The van der Waals surface area contributed by atoms with Crippen LogP contribution >= 0.6 is 0 Å². The monoisotopic (exact) mass is 408 g/mol. The third-order valence-corrected chi connectivity index (χ3v) is 5.54. The number of hydrogen-bond acceptors (Lipinski definition) is 4. The fourth-order valence-corrected chi connectivity index (χ4v) is 3.77. The Morgan fingerprint density at radius 3 is 2.17 bits per heavy atom. The molecule has 160 valence electrons. The van der Waals surface area contributed by atoms with Crippen LogP contribution in [0, 0.1) is 0 Å². The number of fused-ring (bicyclic) bond motifs is 2. The first kappa shape index (κ1) is 22.1. The van der Waals surface area contributed by atoms with E-state index in [1.165, 1.54) is 51.4 Å². The van der Waals surface area contributed by atoms with Crippen LogP contribution in [0.4, 0.5) is 0 Å². The molecule has 0 bridgehead atoms. The molecule has 0 spiro atoms. The molecule has 2 aromatic carbocycles. The molecule has 0 amide bonds. The van der Waals surface area contributed by atoms with Crippen LogP contribution in [-0.4, -0.2) is 12.6 Å². The van der Waals surface area contributed by atoms with Crippen molar-refractivity contribution in [3.63, 3.8) is 0 Å². The first-order valence-electron chi connectivity index (χ1n) is 11.3. The summed E-state index contributed by atoms with van der Waals surface area (Å²) in [4.78, 5) is 25.1. The zero-order valence-corrected chi connectivity index (χ0v) is 18.0. The summed E-state index contributed by atoms with van der Waals surface area (Å²) >= 11 is 0. The highest BCUT2D eigenvalue weighted by Gasteiger charge is 2.12. The Balaban J connectivity index is 1.44. The molecule has 0 aliphatic rings. The van der Waals surface area contributed by atoms with E-state index in [0.29, 0.717) is 34.1 Å². The lowest BCUT2D eigenvalue weighted by Crippen LogP contribution is -2.08. The SMILES string of the molecule is CCCCCCCCCCCCOC(=O)c1ccc2oc3ccccc3c(=O)c2c1. The summed E-state index contributed by atoms with van der Waals surface area (Å²) in [5.74, 6) is -0.389. The van der Waals surface area contributed by atoms with Crippen molar-refractivity contribution in [2.45, 2.75) is 71.1 Å². The highest BCUT2D eigenvalue weighted by Crippen LogP contribution is 2.20. The van der Waals surface area contributed by atoms with Crippen LogP contribution in [-0.2, 0) is 4.74 Å². The van der Waals surface area contributed by atoms with Gasteiger partial charge in [0.15, 0.2) is 0 Å². The van der Waals surface area contributed by atoms with Crippen molar-refractivity contribution >= 4 is 27.9 Å². The van der Waals surface area contributed by atoms with Crippen molar-refractivity contribution in [2.24, 2.45) is 0 Å². The highest BCUT2D eigenvalue weighted by molar-refractivity contribution is 5.96. The molecule has 0 unspecified atom stereocenters. The lowest BCUT2D eigenvalue weighted by molar-refractivity contribution is 0.0498. The van der Waals surface area contributed by atoms with E-state index in [-0.39, 0.29) is 11.4 Å². The van der Waals surface area contributed by atoms with Gasteiger partial charge in [-0.2, -0.15) is 0 Å². The van der Waals surface area contributed by atoms with Gasteiger partial charge in [-0.15, -0.1) is 0 Å². The number of rotatable bonds is 12. The third-order valence-electron chi connectivity index (χ3n) is 5.54. The maximum atomic E-state index is 12.7. The molecule has 0 aliphatic carbocycles. The average Bonchev–Trinajstić information content (AvgIpc) is 2.77. The fraction of sp³-hybridized carbons (Fsp3) is 0.462. The molecule has 4 nitrogen and oxygen atoms in total. The van der Waals surface area contributed by atoms with Gasteiger partial charge in [-0.3, -0.25) is 4.79 Å². The number of ether oxygens (including phenoxy) is 1. The summed E-state index contributed by atoms with van der Waals surface area (Å²) in [6.07, 6.45) is 12.4. The smallest absolute Gasteiger partial charge is 0.338 e. The Morgan fingerprint density at radius 2 is 1.43 bits per heavy atom. The Labute approximate surface area is 178 Å². The van der Waals surface area contributed by atoms with Gasteiger partial charge in [-0.05, 0) is 36.8 Å². The first-order valence-corrected chi connectivity index (χ1v) is 11.3. The standard InChI is InChI=1S/C26H32O4/c1-2-3-4-5-6-7-8-9-10-13-18-29-26(28)20-16-17-24-22(19-20)25(27)21-14-11-12-15-23(21)30-24/h11-12,14-17,19H,2-10,13,18H2,1H3. The minimum Gasteiger partial charge on any atom is -0.462 e. The summed E-state index contributed by atoms with van der Waals surface area (Å²) in [5, 5.41) is 0.919. The van der Waals surface area contributed by atoms with Gasteiger partial charge in [0, 0.05) is 0 Å². The molecule has 3 rings (SSSR count). The van der Waals surface area contributed by atoms with Gasteiger partial charge in [-0.25, -0.2) is 4.79 Å². The Hall–Kier alpha value is -2.62. The molecule has 0 saturated carbocycles. The third kappa shape index (κ3) is 5.94. The summed E-state index contributed by atoms with van der Waals surface area (Å²) in [7, 11) is 0. The number of esters is 1. The molecule has 0 saturated heterocycles. The number of benzene rings is 2. The minimum absolute atomic E-state index is 0.129. The number of hydrogen-bond donors (Lipinski definition) is 0. The number of carbonyl (C=O) groups is 1. The van der Waals surface area contributed by atoms with Crippen LogP contribution in [0.15, 0.2) is 51.7 Å². The van der Waals surface area contributed by atoms with Gasteiger partial charge in [0.1, 0.15) is 11.2 Å². The fourth-order valence-electron chi connectivity index (χ4n) is 3.77. The highest BCUT2D eigenvalue weighted by atomic mass is 16.5. The van der Waals surface area contributed by atoms with E-state index in [4.69, 9.17) is 9.15 Å². The molecular formula is C26H32O4. The van der Waals surface area contributed by atoms with Gasteiger partial charge in [0.05, 0.1) is 22.9 Å². The van der Waals surface area contributed by atoms with E-state index >= 15 is 0 Å². The summed E-state index contributed by atoms with van der Waals surface area (Å²) < 4.78 is 11.2. The van der Waals surface area contributed by atoms with E-state index < -0.39 is 0 Å². The molecule has 3 aromatic rings. The van der Waals surface area contributed by atoms with E-state index in [1.54, 1.807) is 36.4 Å². The number of para-hydroxylation sites is 1. The summed E-state index contributed by atoms with van der Waals surface area (Å²) in [5.41, 5.74) is 1.28. The van der Waals surface area contributed by atoms with Crippen molar-refractivity contribution in [3.8, 4) is 0 Å². The van der Waals surface area contributed by atoms with E-state index in [2.05, 4.69) is 6.92 Å². The zero-order chi connectivity index (χ0) is 21.2. The lowest BCUT2D eigenvalue weighted by Gasteiger charge is -2.06. The van der Waals surface area contributed by atoms with Gasteiger partial charge in [0.2, 0.25) is 5.43 Å². The molecule has 0 fully saturated rings. The summed E-state index contributed by atoms with van der Waals surface area (Å²) in [6, 6.07) is 12.0. The predicted octanol–water partition coefficient (Wildman–Crippen LogP) is 7.02. The van der Waals surface area contributed by atoms with Crippen molar-refractivity contribution < 1.29 is 13.9 Å². The maximum Gasteiger partial charge on any atom is 0.338 e. The van der Waals surface area contributed by atoms with Gasteiger partial charge in [-0.1, -0.05) is 76.8 Å². The second kappa shape index (κ2) is 11.5. The topological polar surface area (TPSA) is 56.5 Å². The zero-order valence-electron chi connectivity index (χ0n) is 18.0. The normalized spacial score (nSPS) is 11.2. The Kier molecular flexibility index (Phi) is 8.49. The van der Waals surface area contributed by atoms with E-state index in [1.807, 2.05) is 6.07 Å². The number of carbonyl (C=O) groups excluding carboxylic acids is 1. The molecule has 0 atom stereocenters. The van der Waals surface area contributed by atoms with Crippen LogP contribution in [0.1, 0.15) is 81.5 Å². The lowest BCUT2D eigenvalue weighted by atomic mass is 10.1. The molecule has 0 aliphatic heterocycles. The van der Waals surface area contributed by atoms with Crippen LogP contribution < -0.4 is 5.43 Å². The van der Waals surface area contributed by atoms with Crippen molar-refractivity contribution in [3.05, 3.63) is 58.3 Å². The summed E-state index contributed by atoms with van der Waals surface area (Å²) in [6.45, 7) is 2.66. The first-order chi connectivity index (χ1) is 14.7. The largest absolute Gasteiger partial charge is 0.462 e. The van der Waals surface area contributed by atoms with E-state index in [0.717, 1.165) is 12.8 Å². The molecule has 1 aromatic heterocycles. The van der Waals surface area contributed by atoms with Crippen LogP contribution in [0.5, 0.6) is 0 Å².